The van der Waals surface area contributed by atoms with Crippen LogP contribution in [0.5, 0.6) is 0 Å². The van der Waals surface area contributed by atoms with E-state index in [2.05, 4.69) is 10.3 Å². The Morgan fingerprint density at radius 3 is 2.56 bits per heavy atom. The Bertz CT molecular complexity index is 569. The second-order valence-corrected chi connectivity index (χ2v) is 4.65. The molecule has 0 heterocycles. The molecule has 8 nitrogen and oxygen atoms in total. The number of hydrogen-bond acceptors (Lipinski definition) is 7. The van der Waals surface area contributed by atoms with Crippen molar-refractivity contribution in [3.05, 3.63) is 24.3 Å². The summed E-state index contributed by atoms with van der Waals surface area (Å²) in [5, 5.41) is 18.1. The highest BCUT2D eigenvalue weighted by molar-refractivity contribution is 7.85. The van der Waals surface area contributed by atoms with Crippen molar-refractivity contribution >= 4 is 21.8 Å². The Morgan fingerprint density at radius 2 is 2.00 bits per heavy atom. The maximum absolute atomic E-state index is 10.9. The van der Waals surface area contributed by atoms with Crippen molar-refractivity contribution in [3.8, 4) is 0 Å². The molecule has 0 N–H and O–H groups in total. The SMILES string of the molecule is CN(CC(=O)[O-])N=Nc1ccccc1S(=O)(=O)[O-]. The van der Waals surface area contributed by atoms with Gasteiger partial charge in [0.1, 0.15) is 15.8 Å². The van der Waals surface area contributed by atoms with E-state index in [4.69, 9.17) is 0 Å². The minimum Gasteiger partial charge on any atom is -0.744 e. The second kappa shape index (κ2) is 5.56. The van der Waals surface area contributed by atoms with Crippen LogP contribution in [0, 0.1) is 0 Å². The number of carboxylic acid groups (broad SMARTS) is 1. The first-order valence-electron chi connectivity index (χ1n) is 4.68. The predicted octanol–water partition coefficient (Wildman–Crippen LogP) is -0.729. The fraction of sp³-hybridized carbons (Fsp3) is 0.222. The summed E-state index contributed by atoms with van der Waals surface area (Å²) >= 11 is 0. The summed E-state index contributed by atoms with van der Waals surface area (Å²) in [7, 11) is -3.34. The van der Waals surface area contributed by atoms with Crippen LogP contribution in [0.25, 0.3) is 0 Å². The Hall–Kier alpha value is -2.00. The Labute approximate surface area is 103 Å². The minimum atomic E-state index is -4.66. The summed E-state index contributed by atoms with van der Waals surface area (Å²) in [4.78, 5) is 9.73. The van der Waals surface area contributed by atoms with E-state index in [1.807, 2.05) is 0 Å². The molecule has 9 heteroatoms. The van der Waals surface area contributed by atoms with Crippen LogP contribution < -0.4 is 5.11 Å². The van der Waals surface area contributed by atoms with Crippen LogP contribution in [0.2, 0.25) is 0 Å². The highest BCUT2D eigenvalue weighted by atomic mass is 32.2. The Morgan fingerprint density at radius 1 is 1.39 bits per heavy atom. The van der Waals surface area contributed by atoms with Crippen molar-refractivity contribution in [1.82, 2.24) is 5.01 Å². The van der Waals surface area contributed by atoms with Crippen molar-refractivity contribution in [2.75, 3.05) is 13.6 Å². The highest BCUT2D eigenvalue weighted by Crippen LogP contribution is 2.23. The standard InChI is InChI=1S/C9H11N3O5S/c1-12(6-9(13)14)11-10-7-4-2-3-5-8(7)18(15,16)17/h2-5H,6H2,1H3,(H,13,14)(H,15,16,17)/p-2. The minimum absolute atomic E-state index is 0.155. The molecule has 0 bridgehead atoms. The van der Waals surface area contributed by atoms with Crippen LogP contribution in [0.3, 0.4) is 0 Å². The number of carbonyl (C=O) groups excluding carboxylic acids is 1. The van der Waals surface area contributed by atoms with Crippen molar-refractivity contribution in [2.24, 2.45) is 10.3 Å². The average molecular weight is 271 g/mol. The summed E-state index contributed by atoms with van der Waals surface area (Å²) < 4.78 is 32.7. The smallest absolute Gasteiger partial charge is 0.126 e. The number of aliphatic carboxylic acids is 1. The second-order valence-electron chi connectivity index (χ2n) is 3.30. The van der Waals surface area contributed by atoms with E-state index in [9.17, 15) is 22.9 Å². The molecule has 0 amide bonds. The fourth-order valence-electron chi connectivity index (χ4n) is 1.09. The molecule has 0 fully saturated rings. The normalized spacial score (nSPS) is 11.7. The first-order valence-corrected chi connectivity index (χ1v) is 6.09. The summed E-state index contributed by atoms with van der Waals surface area (Å²) in [5.74, 6) is -1.36. The first-order chi connectivity index (χ1) is 8.30. The van der Waals surface area contributed by atoms with Gasteiger partial charge in [-0.15, -0.1) is 5.11 Å². The molecule has 18 heavy (non-hydrogen) atoms. The molecule has 0 radical (unpaired) electrons. The lowest BCUT2D eigenvalue weighted by molar-refractivity contribution is -0.306. The van der Waals surface area contributed by atoms with Crippen molar-refractivity contribution in [1.29, 1.82) is 0 Å². The third kappa shape index (κ3) is 4.11. The van der Waals surface area contributed by atoms with Crippen LogP contribution in [0.15, 0.2) is 39.5 Å². The van der Waals surface area contributed by atoms with E-state index in [0.717, 1.165) is 11.1 Å². The number of carboxylic acids is 1. The maximum atomic E-state index is 10.9. The molecule has 1 rings (SSSR count). The first kappa shape index (κ1) is 14.1. The fourth-order valence-corrected chi connectivity index (χ4v) is 1.70. The number of carbonyl (C=O) groups is 1. The number of nitrogens with zero attached hydrogens (tertiary/aromatic N) is 3. The molecule has 0 saturated carbocycles. The molecule has 0 aliphatic carbocycles. The predicted molar refractivity (Wildman–Crippen MR) is 56.6 cm³/mol. The van der Waals surface area contributed by atoms with Crippen LogP contribution in [0.4, 0.5) is 5.69 Å². The van der Waals surface area contributed by atoms with Crippen molar-refractivity contribution in [2.45, 2.75) is 4.90 Å². The molecular weight excluding hydrogens is 262 g/mol. The largest absolute Gasteiger partial charge is 0.744 e. The van der Waals surface area contributed by atoms with Crippen LogP contribution in [-0.2, 0) is 14.9 Å². The van der Waals surface area contributed by atoms with E-state index in [-0.39, 0.29) is 5.69 Å². The lowest BCUT2D eigenvalue weighted by atomic mass is 10.3. The Balaban J connectivity index is 2.98. The van der Waals surface area contributed by atoms with Gasteiger partial charge in [-0.1, -0.05) is 17.4 Å². The highest BCUT2D eigenvalue weighted by Gasteiger charge is 2.07. The molecule has 0 saturated heterocycles. The summed E-state index contributed by atoms with van der Waals surface area (Å²) in [5.41, 5.74) is -0.155. The molecule has 0 spiro atoms. The zero-order valence-electron chi connectivity index (χ0n) is 9.31. The van der Waals surface area contributed by atoms with Gasteiger partial charge in [0.2, 0.25) is 0 Å². The summed E-state index contributed by atoms with van der Waals surface area (Å²) in [6, 6.07) is 5.22. The topological polar surface area (TPSA) is 125 Å². The van der Waals surface area contributed by atoms with Gasteiger partial charge in [0.15, 0.2) is 0 Å². The quantitative estimate of drug-likeness (QED) is 0.395. The van der Waals surface area contributed by atoms with Gasteiger partial charge in [-0.05, 0) is 12.1 Å². The van der Waals surface area contributed by atoms with Gasteiger partial charge in [0.05, 0.1) is 17.4 Å². The van der Waals surface area contributed by atoms with Crippen LogP contribution >= 0.6 is 0 Å². The monoisotopic (exact) mass is 271 g/mol. The Kier molecular flexibility index (Phi) is 4.34. The third-order valence-corrected chi connectivity index (χ3v) is 2.68. The number of benzene rings is 1. The van der Waals surface area contributed by atoms with E-state index in [1.165, 1.54) is 25.2 Å². The van der Waals surface area contributed by atoms with Crippen LogP contribution in [-0.4, -0.2) is 37.5 Å². The number of rotatable bonds is 5. The molecule has 1 aromatic rings. The molecule has 0 aromatic heterocycles. The van der Waals surface area contributed by atoms with E-state index >= 15 is 0 Å². The zero-order valence-corrected chi connectivity index (χ0v) is 10.1. The molecule has 0 aliphatic heterocycles. The van der Waals surface area contributed by atoms with E-state index in [1.54, 1.807) is 0 Å². The molecular formula is C9H9N3O5S-2. The van der Waals surface area contributed by atoms with Gasteiger partial charge in [-0.25, -0.2) is 8.42 Å². The van der Waals surface area contributed by atoms with Crippen LogP contribution in [0.1, 0.15) is 0 Å². The average Bonchev–Trinajstić information content (AvgIpc) is 2.24. The van der Waals surface area contributed by atoms with Crippen molar-refractivity contribution < 1.29 is 22.9 Å². The third-order valence-electron chi connectivity index (χ3n) is 1.80. The summed E-state index contributed by atoms with van der Waals surface area (Å²) in [6.07, 6.45) is 0. The van der Waals surface area contributed by atoms with Gasteiger partial charge in [0, 0.05) is 7.05 Å². The van der Waals surface area contributed by atoms with E-state index < -0.39 is 27.5 Å². The molecule has 0 aliphatic rings. The number of hydrogen-bond donors (Lipinski definition) is 0. The molecule has 0 atom stereocenters. The number of likely N-dealkylation sites (N-methyl/N-ethyl adjacent to an activating group) is 1. The lowest BCUT2D eigenvalue weighted by Gasteiger charge is -2.12. The summed E-state index contributed by atoms with van der Waals surface area (Å²) in [6.45, 7) is -0.504. The molecule has 0 unspecified atom stereocenters. The van der Waals surface area contributed by atoms with Gasteiger partial charge in [0.25, 0.3) is 0 Å². The van der Waals surface area contributed by atoms with Crippen molar-refractivity contribution in [3.63, 3.8) is 0 Å². The van der Waals surface area contributed by atoms with Gasteiger partial charge >= 0.3 is 0 Å². The molecule has 1 aromatic carbocycles. The maximum Gasteiger partial charge on any atom is 0.126 e. The van der Waals surface area contributed by atoms with Gasteiger partial charge in [-0.3, -0.25) is 5.01 Å². The zero-order chi connectivity index (χ0) is 13.8. The van der Waals surface area contributed by atoms with Gasteiger partial charge < -0.3 is 14.5 Å². The lowest BCUT2D eigenvalue weighted by Crippen LogP contribution is -2.33. The molecule has 98 valence electrons. The van der Waals surface area contributed by atoms with Gasteiger partial charge in [-0.2, -0.15) is 0 Å². The van der Waals surface area contributed by atoms with E-state index in [0.29, 0.717) is 0 Å².